The minimum atomic E-state index is -1.99. The molecule has 0 N–H and O–H groups in total. The van der Waals surface area contributed by atoms with Gasteiger partial charge in [-0.1, -0.05) is 109 Å². The van der Waals surface area contributed by atoms with Gasteiger partial charge in [0.1, 0.15) is 66.5 Å². The van der Waals surface area contributed by atoms with E-state index in [0.717, 1.165) is 61.1 Å². The minimum absolute atomic E-state index is 0.0405. The number of hydrogen-bond acceptors (Lipinski definition) is 24. The molecule has 0 aromatic heterocycles. The van der Waals surface area contributed by atoms with Gasteiger partial charge < -0.3 is 56.8 Å². The first-order chi connectivity index (χ1) is 48.1. The van der Waals surface area contributed by atoms with E-state index in [1.165, 1.54) is 84.9 Å². The average molecular weight is 1390 g/mol. The van der Waals surface area contributed by atoms with Gasteiger partial charge in [0.25, 0.3) is 35.4 Å². The number of rotatable bonds is 23. The largest absolute Gasteiger partial charge is 0.463 e. The van der Waals surface area contributed by atoms with Gasteiger partial charge >= 0.3 is 29.8 Å². The fourth-order valence-electron chi connectivity index (χ4n) is 13.2. The highest BCUT2D eigenvalue weighted by Crippen LogP contribution is 2.44. The van der Waals surface area contributed by atoms with Crippen LogP contribution in [0.2, 0.25) is 0 Å². The first-order valence-corrected chi connectivity index (χ1v) is 32.7. The number of fused-ring (bicyclic) bond motifs is 3. The zero-order valence-electron chi connectivity index (χ0n) is 54.2. The molecule has 3 saturated heterocycles. The maximum absolute atomic E-state index is 15.1. The zero-order valence-corrected chi connectivity index (χ0v) is 55.0. The molecular weight excluding hydrogens is 1330 g/mol. The number of amides is 6. The van der Waals surface area contributed by atoms with Crippen LogP contribution in [-0.2, 0) is 94.0 Å². The second kappa shape index (κ2) is 30.3. The molecule has 0 aliphatic carbocycles. The number of thioether (sulfide) groups is 1. The summed E-state index contributed by atoms with van der Waals surface area (Å²) in [6.07, 6.45) is -18.8. The molecule has 6 aliphatic rings. The Bertz CT molecular complexity index is 4040. The summed E-state index contributed by atoms with van der Waals surface area (Å²) < 4.78 is 91.9. The van der Waals surface area contributed by atoms with Crippen LogP contribution in [0.4, 0.5) is 4.39 Å². The van der Waals surface area contributed by atoms with Crippen molar-refractivity contribution >= 4 is 77.1 Å². The predicted molar refractivity (Wildman–Crippen MR) is 341 cm³/mol. The molecule has 15 atom stereocenters. The van der Waals surface area contributed by atoms with Gasteiger partial charge in [-0.2, -0.15) is 0 Å². The molecule has 100 heavy (non-hydrogen) atoms. The lowest BCUT2D eigenvalue weighted by Gasteiger charge is -2.50. The normalized spacial score (nSPS) is 26.9. The third-order valence-corrected chi connectivity index (χ3v) is 18.5. The second-order valence-electron chi connectivity index (χ2n) is 24.0. The number of carbonyl (C=O) groups is 11. The molecule has 12 rings (SSSR count). The van der Waals surface area contributed by atoms with Crippen molar-refractivity contribution in [3.63, 3.8) is 0 Å². The van der Waals surface area contributed by atoms with Crippen molar-refractivity contribution in [2.24, 2.45) is 0 Å². The number of esters is 5. The van der Waals surface area contributed by atoms with Crippen molar-refractivity contribution in [1.29, 1.82) is 0 Å². The molecule has 3 fully saturated rings. The maximum atomic E-state index is 15.1. The average Bonchev–Trinajstić information content (AvgIpc) is 1.53. The van der Waals surface area contributed by atoms with E-state index in [2.05, 4.69) is 0 Å². The standard InChI is InChI=1S/C72H66FN3O23S/c1-37(77)88-34-54-60(93-38(2)78)62(95-40(4)80)56(75-66(84)48-24-14-15-25-49(48)67(75)85)71(98-54)91-35-52-58(89-32-42-18-8-6-9-19-42)61(94-39(3)79)55(74-64(82)46-22-12-13-23-47(46)65(74)83)70(97-52)92-36-53-59(90-33-43-20-10-7-11-21-43)63(96-41(5)81)57(72(99-53)100-45-30-28-44(73)29-31-45)76-68(86)50-26-16-17-27-51(50)69(76)87/h6-31,52-63,70-72H,32-36H2,1-5H3/t52?,53?,54?,55-,56-,57-,58+,59+,60+,61+,62+,63+,70?,71?,72?/m0/s1. The molecule has 6 amide bonds. The SMILES string of the molecule is CC(=O)OCC1OC(OCC2OC(OCC3OC(Sc4ccc(F)cc4)[C@@H](N4C(=O)c5ccccc5C4=O)[C@@H](OC(C)=O)[C@@H]3OCc3ccccc3)[C@@H](N3C(=O)c4ccccc4C3=O)[C@@H](OC(C)=O)[C@@H]2OCc2ccccc2)[C@@H](N2C(=O)c3ccccc3C2=O)[C@@H](OC(C)=O)[C@@H]1OC(C)=O. The van der Waals surface area contributed by atoms with Crippen molar-refractivity contribution < 1.29 is 114 Å². The fourth-order valence-corrected chi connectivity index (χ4v) is 14.3. The van der Waals surface area contributed by atoms with Gasteiger partial charge in [0.05, 0.1) is 59.8 Å². The van der Waals surface area contributed by atoms with Crippen LogP contribution >= 0.6 is 11.8 Å². The third-order valence-electron chi connectivity index (χ3n) is 17.4. The summed E-state index contributed by atoms with van der Waals surface area (Å²) >= 11 is 0.935. The monoisotopic (exact) mass is 1390 g/mol. The van der Waals surface area contributed by atoms with Crippen LogP contribution in [0.5, 0.6) is 0 Å². The Morgan fingerprint density at radius 1 is 0.370 bits per heavy atom. The summed E-state index contributed by atoms with van der Waals surface area (Å²) in [7, 11) is 0. The molecule has 0 saturated carbocycles. The van der Waals surface area contributed by atoms with Gasteiger partial charge in [-0.05, 0) is 71.8 Å². The summed E-state index contributed by atoms with van der Waals surface area (Å²) in [5.41, 5.74) is -0.427. The molecule has 0 bridgehead atoms. The van der Waals surface area contributed by atoms with Crippen molar-refractivity contribution in [3.05, 3.63) is 208 Å². The lowest BCUT2D eigenvalue weighted by atomic mass is 9.93. The third kappa shape index (κ3) is 14.6. The molecule has 6 aliphatic heterocycles. The Kier molecular flexibility index (Phi) is 21.2. The minimum Gasteiger partial charge on any atom is -0.463 e. The molecule has 0 radical (unpaired) electrons. The van der Waals surface area contributed by atoms with E-state index in [9.17, 15) is 47.5 Å². The van der Waals surface area contributed by atoms with E-state index < -0.39 is 182 Å². The van der Waals surface area contributed by atoms with E-state index in [0.29, 0.717) is 16.0 Å². The van der Waals surface area contributed by atoms with Crippen molar-refractivity contribution in [3.8, 4) is 0 Å². The highest BCUT2D eigenvalue weighted by atomic mass is 32.2. The van der Waals surface area contributed by atoms with Crippen molar-refractivity contribution in [2.45, 2.75) is 144 Å². The molecular formula is C72H66FN3O23S. The number of hydrogen-bond donors (Lipinski definition) is 0. The quantitative estimate of drug-likeness (QED) is 0.0371. The Hall–Kier alpha value is -9.91. The molecule has 26 nitrogen and oxygen atoms in total. The van der Waals surface area contributed by atoms with Gasteiger partial charge in [-0.3, -0.25) is 67.4 Å². The topological polar surface area (TPSA) is 308 Å². The Labute approximate surface area is 575 Å². The maximum Gasteiger partial charge on any atom is 0.303 e. The van der Waals surface area contributed by atoms with Crippen LogP contribution in [-0.4, -0.2) is 191 Å². The van der Waals surface area contributed by atoms with Gasteiger partial charge in [-0.25, -0.2) is 4.39 Å². The Morgan fingerprint density at radius 2 is 0.690 bits per heavy atom. The highest BCUT2D eigenvalue weighted by molar-refractivity contribution is 7.99. The van der Waals surface area contributed by atoms with Gasteiger partial charge in [-0.15, -0.1) is 0 Å². The summed E-state index contributed by atoms with van der Waals surface area (Å²) in [6.45, 7) is 2.58. The van der Waals surface area contributed by atoms with E-state index in [-0.39, 0.29) is 46.6 Å². The molecule has 520 valence electrons. The Morgan fingerprint density at radius 3 is 1.06 bits per heavy atom. The number of benzene rings is 6. The zero-order chi connectivity index (χ0) is 70.6. The van der Waals surface area contributed by atoms with Crippen LogP contribution in [0.25, 0.3) is 0 Å². The first-order valence-electron chi connectivity index (χ1n) is 31.8. The van der Waals surface area contributed by atoms with Crippen LogP contribution in [0.3, 0.4) is 0 Å². The molecule has 6 aromatic carbocycles. The van der Waals surface area contributed by atoms with Crippen LogP contribution in [0.15, 0.2) is 163 Å². The lowest BCUT2D eigenvalue weighted by molar-refractivity contribution is -0.323. The van der Waals surface area contributed by atoms with Crippen LogP contribution in [0, 0.1) is 5.82 Å². The van der Waals surface area contributed by atoms with E-state index in [1.807, 2.05) is 0 Å². The molecule has 0 spiro atoms. The first kappa shape index (κ1) is 70.0. The van der Waals surface area contributed by atoms with Gasteiger partial charge in [0.15, 0.2) is 37.0 Å². The number of carbonyl (C=O) groups excluding carboxylic acids is 11. The molecule has 28 heteroatoms. The van der Waals surface area contributed by atoms with E-state index in [4.69, 9.17) is 56.8 Å². The smallest absolute Gasteiger partial charge is 0.303 e. The van der Waals surface area contributed by atoms with E-state index in [1.54, 1.807) is 72.8 Å². The van der Waals surface area contributed by atoms with Crippen molar-refractivity contribution in [2.75, 3.05) is 19.8 Å². The summed E-state index contributed by atoms with van der Waals surface area (Å²) in [5.74, 6) is -10.3. The van der Waals surface area contributed by atoms with Crippen LogP contribution in [0.1, 0.15) is 108 Å². The molecule has 6 heterocycles. The van der Waals surface area contributed by atoms with Crippen molar-refractivity contribution in [1.82, 2.24) is 14.7 Å². The number of nitrogens with zero attached hydrogens (tertiary/aromatic N) is 3. The lowest BCUT2D eigenvalue weighted by Crippen LogP contribution is -2.69. The van der Waals surface area contributed by atoms with E-state index >= 15 is 9.59 Å². The van der Waals surface area contributed by atoms with Gasteiger partial charge in [0.2, 0.25) is 0 Å². The van der Waals surface area contributed by atoms with Crippen LogP contribution < -0.4 is 0 Å². The summed E-state index contributed by atoms with van der Waals surface area (Å²) in [4.78, 5) is 158. The van der Waals surface area contributed by atoms with Gasteiger partial charge in [0, 0.05) is 39.5 Å². The number of ether oxygens (including phenoxy) is 12. The number of halogens is 1. The Balaban J connectivity index is 0.980. The summed E-state index contributed by atoms with van der Waals surface area (Å²) in [5, 5.41) is 0. The summed E-state index contributed by atoms with van der Waals surface area (Å²) in [6, 6.07) is 35.2. The second-order valence-corrected chi connectivity index (χ2v) is 25.2. The molecule has 6 aromatic rings. The highest BCUT2D eigenvalue weighted by Gasteiger charge is 2.62. The molecule has 6 unspecified atom stereocenters. The fraction of sp³-hybridized carbons (Fsp3) is 0.347. The predicted octanol–water partition coefficient (Wildman–Crippen LogP) is 6.58. The number of imide groups is 3.